The topological polar surface area (TPSA) is 14.2 Å². The van der Waals surface area contributed by atoms with Gasteiger partial charge in [-0.15, -0.1) is 0 Å². The Morgan fingerprint density at radius 1 is 1.29 bits per heavy atom. The van der Waals surface area contributed by atoms with Gasteiger partial charge in [-0.25, -0.2) is 0 Å². The van der Waals surface area contributed by atoms with Gasteiger partial charge in [0.05, 0.1) is 6.10 Å². The molecule has 0 bridgehead atoms. The van der Waals surface area contributed by atoms with E-state index in [-0.39, 0.29) is 6.10 Å². The Morgan fingerprint density at radius 2 is 2.12 bits per heavy atom. The minimum atomic E-state index is 0.228. The Kier molecular flexibility index (Phi) is 4.00. The molecule has 2 aromatic rings. The fourth-order valence-corrected chi connectivity index (χ4v) is 2.29. The number of benzene rings is 1. The second kappa shape index (κ2) is 5.50. The summed E-state index contributed by atoms with van der Waals surface area (Å²) in [6.07, 6.45) is 4.52. The molecular weight excluding hydrogens is 230 g/mol. The van der Waals surface area contributed by atoms with Crippen molar-refractivity contribution < 1.29 is 4.74 Å². The molecule has 0 N–H and O–H groups in total. The normalized spacial score (nSPS) is 11.3. The van der Waals surface area contributed by atoms with E-state index in [1.807, 2.05) is 25.6 Å². The Labute approximate surface area is 107 Å². The van der Waals surface area contributed by atoms with Gasteiger partial charge in [0, 0.05) is 29.4 Å². The highest BCUT2D eigenvalue weighted by molar-refractivity contribution is 7.98. The van der Waals surface area contributed by atoms with Crippen LogP contribution in [0.1, 0.15) is 13.8 Å². The number of hydrogen-bond donors (Lipinski definition) is 0. The van der Waals surface area contributed by atoms with Gasteiger partial charge in [-0.05, 0) is 44.4 Å². The first-order chi connectivity index (χ1) is 8.20. The van der Waals surface area contributed by atoms with Crippen LogP contribution in [0.3, 0.4) is 0 Å². The van der Waals surface area contributed by atoms with Crippen LogP contribution in [-0.2, 0) is 6.54 Å². The van der Waals surface area contributed by atoms with Gasteiger partial charge in [0.1, 0.15) is 5.75 Å². The predicted molar refractivity (Wildman–Crippen MR) is 76.1 cm³/mol. The molecule has 1 heterocycles. The van der Waals surface area contributed by atoms with E-state index in [4.69, 9.17) is 4.74 Å². The van der Waals surface area contributed by atoms with Gasteiger partial charge in [0.15, 0.2) is 0 Å². The maximum atomic E-state index is 5.70. The standard InChI is InChI=1S/C14H19NOS/c1-11(2)16-13-4-5-14-12(10-13)6-7-15(14)8-9-17-3/h4-7,10-11H,8-9H2,1-3H3. The number of fused-ring (bicyclic) bond motifs is 1. The van der Waals surface area contributed by atoms with Crippen molar-refractivity contribution in [3.05, 3.63) is 30.5 Å². The molecule has 2 rings (SSSR count). The van der Waals surface area contributed by atoms with Crippen LogP contribution in [0.4, 0.5) is 0 Å². The zero-order chi connectivity index (χ0) is 12.3. The summed E-state index contributed by atoms with van der Waals surface area (Å²) < 4.78 is 8.00. The predicted octanol–water partition coefficient (Wildman–Crippen LogP) is 3.79. The van der Waals surface area contributed by atoms with Crippen molar-refractivity contribution >= 4 is 22.7 Å². The minimum Gasteiger partial charge on any atom is -0.491 e. The van der Waals surface area contributed by atoms with Gasteiger partial charge >= 0.3 is 0 Å². The summed E-state index contributed by atoms with van der Waals surface area (Å²) >= 11 is 1.87. The lowest BCUT2D eigenvalue weighted by Crippen LogP contribution is -2.05. The summed E-state index contributed by atoms with van der Waals surface area (Å²) in [5.74, 6) is 2.10. The Hall–Kier alpha value is -1.09. The highest BCUT2D eigenvalue weighted by Gasteiger charge is 2.03. The summed E-state index contributed by atoms with van der Waals surface area (Å²) in [6, 6.07) is 8.47. The van der Waals surface area contributed by atoms with Crippen LogP contribution in [0.15, 0.2) is 30.5 Å². The molecule has 0 saturated carbocycles. The molecule has 0 spiro atoms. The van der Waals surface area contributed by atoms with Crippen molar-refractivity contribution in [3.63, 3.8) is 0 Å². The van der Waals surface area contributed by atoms with Crippen LogP contribution >= 0.6 is 11.8 Å². The summed E-state index contributed by atoms with van der Waals surface area (Å²) in [5, 5.41) is 1.25. The lowest BCUT2D eigenvalue weighted by atomic mass is 10.2. The molecule has 0 atom stereocenters. The number of rotatable bonds is 5. The second-order valence-electron chi connectivity index (χ2n) is 4.39. The van der Waals surface area contributed by atoms with E-state index in [0.717, 1.165) is 18.0 Å². The Bertz CT molecular complexity index is 490. The number of hydrogen-bond acceptors (Lipinski definition) is 2. The average molecular weight is 249 g/mol. The fourth-order valence-electron chi connectivity index (χ4n) is 1.91. The third kappa shape index (κ3) is 2.97. The summed E-state index contributed by atoms with van der Waals surface area (Å²) in [4.78, 5) is 0. The molecule has 0 radical (unpaired) electrons. The summed E-state index contributed by atoms with van der Waals surface area (Å²) in [6.45, 7) is 5.16. The van der Waals surface area contributed by atoms with Crippen LogP contribution in [0, 0.1) is 0 Å². The van der Waals surface area contributed by atoms with Crippen LogP contribution in [0.2, 0.25) is 0 Å². The quantitative estimate of drug-likeness (QED) is 0.800. The third-order valence-corrected chi connectivity index (χ3v) is 3.24. The lowest BCUT2D eigenvalue weighted by molar-refractivity contribution is 0.243. The molecule has 3 heteroatoms. The molecule has 2 nitrogen and oxygen atoms in total. The fraction of sp³-hybridized carbons (Fsp3) is 0.429. The maximum absolute atomic E-state index is 5.70. The molecule has 1 aromatic heterocycles. The zero-order valence-electron chi connectivity index (χ0n) is 10.6. The van der Waals surface area contributed by atoms with Gasteiger partial charge in [-0.2, -0.15) is 11.8 Å². The minimum absolute atomic E-state index is 0.228. The Balaban J connectivity index is 2.25. The highest BCUT2D eigenvalue weighted by atomic mass is 32.2. The van der Waals surface area contributed by atoms with Crippen molar-refractivity contribution in [3.8, 4) is 5.75 Å². The molecule has 0 aliphatic carbocycles. The van der Waals surface area contributed by atoms with E-state index in [1.165, 1.54) is 10.9 Å². The van der Waals surface area contributed by atoms with E-state index < -0.39 is 0 Å². The number of thioether (sulfide) groups is 1. The number of aromatic nitrogens is 1. The smallest absolute Gasteiger partial charge is 0.120 e. The lowest BCUT2D eigenvalue weighted by Gasteiger charge is -2.10. The maximum Gasteiger partial charge on any atom is 0.120 e. The Morgan fingerprint density at radius 3 is 2.82 bits per heavy atom. The SMILES string of the molecule is CSCCn1ccc2cc(OC(C)C)ccc21. The van der Waals surface area contributed by atoms with Crippen LogP contribution in [0.5, 0.6) is 5.75 Å². The van der Waals surface area contributed by atoms with Crippen LogP contribution < -0.4 is 4.74 Å². The van der Waals surface area contributed by atoms with Gasteiger partial charge in [0.2, 0.25) is 0 Å². The van der Waals surface area contributed by atoms with E-state index in [1.54, 1.807) is 0 Å². The molecule has 0 fully saturated rings. The monoisotopic (exact) mass is 249 g/mol. The molecule has 0 amide bonds. The van der Waals surface area contributed by atoms with E-state index in [2.05, 4.69) is 41.3 Å². The third-order valence-electron chi connectivity index (χ3n) is 2.65. The van der Waals surface area contributed by atoms with Gasteiger partial charge in [-0.3, -0.25) is 0 Å². The highest BCUT2D eigenvalue weighted by Crippen LogP contribution is 2.23. The van der Waals surface area contributed by atoms with Gasteiger partial charge in [0.25, 0.3) is 0 Å². The van der Waals surface area contributed by atoms with E-state index in [0.29, 0.717) is 0 Å². The zero-order valence-corrected chi connectivity index (χ0v) is 11.5. The van der Waals surface area contributed by atoms with Crippen LogP contribution in [-0.4, -0.2) is 22.7 Å². The van der Waals surface area contributed by atoms with Gasteiger partial charge < -0.3 is 9.30 Å². The van der Waals surface area contributed by atoms with E-state index in [9.17, 15) is 0 Å². The van der Waals surface area contributed by atoms with Crippen molar-refractivity contribution in [2.24, 2.45) is 0 Å². The molecule has 0 aliphatic heterocycles. The molecule has 1 aromatic carbocycles. The first-order valence-electron chi connectivity index (χ1n) is 5.95. The summed E-state index contributed by atoms with van der Waals surface area (Å²) in [7, 11) is 0. The van der Waals surface area contributed by atoms with Gasteiger partial charge in [-0.1, -0.05) is 0 Å². The van der Waals surface area contributed by atoms with E-state index >= 15 is 0 Å². The molecular formula is C14H19NOS. The molecule has 0 unspecified atom stereocenters. The number of aryl methyl sites for hydroxylation is 1. The number of nitrogens with zero attached hydrogens (tertiary/aromatic N) is 1. The van der Waals surface area contributed by atoms with Crippen LogP contribution in [0.25, 0.3) is 10.9 Å². The number of ether oxygens (including phenoxy) is 1. The first kappa shape index (κ1) is 12.4. The first-order valence-corrected chi connectivity index (χ1v) is 7.34. The second-order valence-corrected chi connectivity index (χ2v) is 5.37. The molecule has 92 valence electrons. The van der Waals surface area contributed by atoms with Crippen molar-refractivity contribution in [2.45, 2.75) is 26.5 Å². The van der Waals surface area contributed by atoms with Crippen molar-refractivity contribution in [2.75, 3.05) is 12.0 Å². The molecule has 0 saturated heterocycles. The molecule has 17 heavy (non-hydrogen) atoms. The van der Waals surface area contributed by atoms with Crippen molar-refractivity contribution in [1.29, 1.82) is 0 Å². The molecule has 0 aliphatic rings. The van der Waals surface area contributed by atoms with Crippen molar-refractivity contribution in [1.82, 2.24) is 4.57 Å². The summed E-state index contributed by atoms with van der Waals surface area (Å²) in [5.41, 5.74) is 1.29. The average Bonchev–Trinajstić information content (AvgIpc) is 2.68. The largest absolute Gasteiger partial charge is 0.491 e.